The number of hydrogen-bond acceptors (Lipinski definition) is 5. The fourth-order valence-electron chi connectivity index (χ4n) is 4.14. The lowest BCUT2D eigenvalue weighted by atomic mass is 9.87. The van der Waals surface area contributed by atoms with Gasteiger partial charge in [0.1, 0.15) is 12.4 Å². The van der Waals surface area contributed by atoms with Gasteiger partial charge < -0.3 is 19.5 Å². The average molecular weight is 416 g/mol. The maximum absolute atomic E-state index is 14.3. The number of halogens is 1. The van der Waals surface area contributed by atoms with Crippen LogP contribution in [0.25, 0.3) is 0 Å². The molecule has 0 radical (unpaired) electrons. The lowest BCUT2D eigenvalue weighted by Crippen LogP contribution is -2.48. The Labute approximate surface area is 176 Å². The Bertz CT molecular complexity index is 890. The Morgan fingerprint density at radius 1 is 1.20 bits per heavy atom. The van der Waals surface area contributed by atoms with E-state index in [9.17, 15) is 9.18 Å². The summed E-state index contributed by atoms with van der Waals surface area (Å²) in [5.41, 5.74) is 2.80. The van der Waals surface area contributed by atoms with E-state index in [0.29, 0.717) is 23.6 Å². The quantitative estimate of drug-likeness (QED) is 0.717. The zero-order valence-corrected chi connectivity index (χ0v) is 17.9. The average Bonchev–Trinajstić information content (AvgIpc) is 2.74. The van der Waals surface area contributed by atoms with Crippen molar-refractivity contribution in [1.82, 2.24) is 10.2 Å². The van der Waals surface area contributed by atoms with Gasteiger partial charge in [-0.05, 0) is 42.7 Å². The lowest BCUT2D eigenvalue weighted by molar-refractivity contribution is -0.125. The fraction of sp³-hybridized carbons (Fsp3) is 0.435. The molecule has 1 amide bonds. The van der Waals surface area contributed by atoms with Crippen molar-refractivity contribution < 1.29 is 23.4 Å². The summed E-state index contributed by atoms with van der Waals surface area (Å²) in [5, 5.41) is 3.02. The first-order valence-corrected chi connectivity index (χ1v) is 9.99. The van der Waals surface area contributed by atoms with E-state index < -0.39 is 0 Å². The number of fused-ring (bicyclic) bond motifs is 1. The van der Waals surface area contributed by atoms with Crippen molar-refractivity contribution in [3.8, 4) is 11.5 Å². The SMILES string of the molecule is COCC(=O)N[C@H](C)[C@H]1c2cc(OC)c(OC)cc2CCN1Cc1ccccc1F. The second-order valence-corrected chi connectivity index (χ2v) is 7.45. The first-order chi connectivity index (χ1) is 14.5. The van der Waals surface area contributed by atoms with E-state index >= 15 is 0 Å². The predicted octanol–water partition coefficient (Wildman–Crippen LogP) is 3.09. The number of carbonyl (C=O) groups excluding carboxylic acids is 1. The monoisotopic (exact) mass is 416 g/mol. The van der Waals surface area contributed by atoms with Gasteiger partial charge in [-0.3, -0.25) is 9.69 Å². The maximum atomic E-state index is 14.3. The summed E-state index contributed by atoms with van der Waals surface area (Å²) in [6, 6.07) is 10.4. The molecule has 2 atom stereocenters. The third-order valence-corrected chi connectivity index (χ3v) is 5.49. The highest BCUT2D eigenvalue weighted by molar-refractivity contribution is 5.77. The van der Waals surface area contributed by atoms with Gasteiger partial charge >= 0.3 is 0 Å². The molecular formula is C23H29FN2O4. The van der Waals surface area contributed by atoms with Crippen LogP contribution in [0.3, 0.4) is 0 Å². The molecule has 6 nitrogen and oxygen atoms in total. The second kappa shape index (κ2) is 9.91. The largest absolute Gasteiger partial charge is 0.493 e. The highest BCUT2D eigenvalue weighted by atomic mass is 19.1. The zero-order valence-electron chi connectivity index (χ0n) is 17.9. The van der Waals surface area contributed by atoms with Crippen LogP contribution < -0.4 is 14.8 Å². The molecule has 0 saturated carbocycles. The molecule has 0 aromatic heterocycles. The minimum Gasteiger partial charge on any atom is -0.493 e. The Hall–Kier alpha value is -2.64. The molecule has 2 aromatic carbocycles. The summed E-state index contributed by atoms with van der Waals surface area (Å²) >= 11 is 0. The predicted molar refractivity (Wildman–Crippen MR) is 112 cm³/mol. The molecule has 0 bridgehead atoms. The first-order valence-electron chi connectivity index (χ1n) is 9.99. The number of nitrogens with one attached hydrogen (secondary N) is 1. The van der Waals surface area contributed by atoms with Crippen molar-refractivity contribution in [3.63, 3.8) is 0 Å². The molecule has 7 heteroatoms. The Balaban J connectivity index is 1.99. The van der Waals surface area contributed by atoms with E-state index in [2.05, 4.69) is 10.2 Å². The summed E-state index contributed by atoms with van der Waals surface area (Å²) < 4.78 is 30.3. The number of methoxy groups -OCH3 is 3. The van der Waals surface area contributed by atoms with Crippen LogP contribution in [0.5, 0.6) is 11.5 Å². The third kappa shape index (κ3) is 4.74. The van der Waals surface area contributed by atoms with Gasteiger partial charge in [0.25, 0.3) is 0 Å². The van der Waals surface area contributed by atoms with Crippen LogP contribution in [-0.2, 0) is 22.5 Å². The normalized spacial score (nSPS) is 17.2. The van der Waals surface area contributed by atoms with Gasteiger partial charge in [-0.1, -0.05) is 18.2 Å². The van der Waals surface area contributed by atoms with Gasteiger partial charge in [0, 0.05) is 31.8 Å². The topological polar surface area (TPSA) is 60.0 Å². The number of amides is 1. The number of nitrogens with zero attached hydrogens (tertiary/aromatic N) is 1. The molecule has 3 rings (SSSR count). The second-order valence-electron chi connectivity index (χ2n) is 7.45. The van der Waals surface area contributed by atoms with Crippen LogP contribution in [0.15, 0.2) is 36.4 Å². The zero-order chi connectivity index (χ0) is 21.7. The number of ether oxygens (including phenoxy) is 3. The molecule has 1 aliphatic heterocycles. The number of hydrogen-bond donors (Lipinski definition) is 1. The summed E-state index contributed by atoms with van der Waals surface area (Å²) in [7, 11) is 4.70. The van der Waals surface area contributed by atoms with E-state index in [1.165, 1.54) is 13.2 Å². The van der Waals surface area contributed by atoms with Crippen molar-refractivity contribution in [2.75, 3.05) is 34.5 Å². The van der Waals surface area contributed by atoms with Crippen LogP contribution in [0.1, 0.15) is 29.7 Å². The minimum atomic E-state index is -0.231. The molecule has 0 fully saturated rings. The van der Waals surface area contributed by atoms with Crippen LogP contribution in [0, 0.1) is 5.82 Å². The van der Waals surface area contributed by atoms with Crippen molar-refractivity contribution in [2.45, 2.75) is 32.0 Å². The van der Waals surface area contributed by atoms with E-state index in [1.807, 2.05) is 25.1 Å². The molecular weight excluding hydrogens is 387 g/mol. The van der Waals surface area contributed by atoms with E-state index in [0.717, 1.165) is 24.1 Å². The van der Waals surface area contributed by atoms with Gasteiger partial charge in [0.15, 0.2) is 11.5 Å². The molecule has 30 heavy (non-hydrogen) atoms. The van der Waals surface area contributed by atoms with Gasteiger partial charge in [0.2, 0.25) is 5.91 Å². The van der Waals surface area contributed by atoms with E-state index in [1.54, 1.807) is 26.4 Å². The van der Waals surface area contributed by atoms with E-state index in [4.69, 9.17) is 14.2 Å². The van der Waals surface area contributed by atoms with Crippen LogP contribution in [0.2, 0.25) is 0 Å². The Morgan fingerprint density at radius 3 is 2.57 bits per heavy atom. The molecule has 0 unspecified atom stereocenters. The van der Waals surface area contributed by atoms with Gasteiger partial charge in [-0.25, -0.2) is 4.39 Å². The van der Waals surface area contributed by atoms with Crippen molar-refractivity contribution in [2.24, 2.45) is 0 Å². The van der Waals surface area contributed by atoms with Gasteiger partial charge in [-0.15, -0.1) is 0 Å². The molecule has 162 valence electrons. The summed E-state index contributed by atoms with van der Waals surface area (Å²) in [6.45, 7) is 3.11. The lowest BCUT2D eigenvalue weighted by Gasteiger charge is -2.41. The summed E-state index contributed by atoms with van der Waals surface area (Å²) in [4.78, 5) is 14.4. The molecule has 1 heterocycles. The molecule has 0 aliphatic carbocycles. The smallest absolute Gasteiger partial charge is 0.246 e. The van der Waals surface area contributed by atoms with Gasteiger partial charge in [-0.2, -0.15) is 0 Å². The maximum Gasteiger partial charge on any atom is 0.246 e. The fourth-order valence-corrected chi connectivity index (χ4v) is 4.14. The minimum absolute atomic E-state index is 0.0107. The van der Waals surface area contributed by atoms with Gasteiger partial charge in [0.05, 0.1) is 20.3 Å². The molecule has 1 N–H and O–H groups in total. The van der Waals surface area contributed by atoms with Crippen LogP contribution in [0.4, 0.5) is 4.39 Å². The number of rotatable bonds is 8. The Kier molecular flexibility index (Phi) is 7.29. The summed E-state index contributed by atoms with van der Waals surface area (Å²) in [5.74, 6) is 0.881. The van der Waals surface area contributed by atoms with Crippen LogP contribution >= 0.6 is 0 Å². The van der Waals surface area contributed by atoms with Crippen molar-refractivity contribution in [3.05, 3.63) is 58.9 Å². The number of carbonyl (C=O) groups is 1. The third-order valence-electron chi connectivity index (χ3n) is 5.49. The van der Waals surface area contributed by atoms with Crippen LogP contribution in [-0.4, -0.2) is 51.3 Å². The summed E-state index contributed by atoms with van der Waals surface area (Å²) in [6.07, 6.45) is 0.791. The van der Waals surface area contributed by atoms with E-state index in [-0.39, 0.29) is 30.4 Å². The highest BCUT2D eigenvalue weighted by Crippen LogP contribution is 2.40. The molecule has 0 spiro atoms. The molecule has 0 saturated heterocycles. The number of benzene rings is 2. The first kappa shape index (κ1) is 22.1. The highest BCUT2D eigenvalue weighted by Gasteiger charge is 2.34. The van der Waals surface area contributed by atoms with Crippen molar-refractivity contribution >= 4 is 5.91 Å². The standard InChI is InChI=1S/C23H29FN2O4/c1-15(25-22(27)14-28-2)23-18-12-21(30-4)20(29-3)11-16(18)9-10-26(23)13-17-7-5-6-8-19(17)24/h5-8,11-12,15,23H,9-10,13-14H2,1-4H3,(H,25,27)/t15-,23+/m1/s1. The Morgan fingerprint density at radius 2 is 1.90 bits per heavy atom. The molecule has 1 aliphatic rings. The molecule has 2 aromatic rings. The van der Waals surface area contributed by atoms with Crippen molar-refractivity contribution in [1.29, 1.82) is 0 Å².